The maximum absolute atomic E-state index is 11.9. The van der Waals surface area contributed by atoms with E-state index in [1.54, 1.807) is 7.05 Å². The second-order valence-electron chi connectivity index (χ2n) is 5.35. The molecule has 0 aliphatic carbocycles. The SMILES string of the molecule is CNC(=O)C1(C)CCN(Cc2ccc(Cl)c(Cl)c2)C1. The molecule has 1 aliphatic rings. The van der Waals surface area contributed by atoms with Gasteiger partial charge in [-0.15, -0.1) is 0 Å². The average Bonchev–Trinajstić information content (AvgIpc) is 2.76. The van der Waals surface area contributed by atoms with Crippen molar-refractivity contribution in [2.75, 3.05) is 20.1 Å². The highest BCUT2D eigenvalue weighted by Gasteiger charge is 2.39. The molecule has 2 rings (SSSR count). The van der Waals surface area contributed by atoms with Crippen molar-refractivity contribution < 1.29 is 4.79 Å². The molecule has 0 radical (unpaired) electrons. The zero-order valence-electron chi connectivity index (χ0n) is 11.2. The molecule has 1 N–H and O–H groups in total. The number of nitrogens with one attached hydrogen (secondary N) is 1. The number of hydrogen-bond donors (Lipinski definition) is 1. The topological polar surface area (TPSA) is 32.3 Å². The van der Waals surface area contributed by atoms with Gasteiger partial charge < -0.3 is 5.32 Å². The Balaban J connectivity index is 2.02. The molecule has 1 aromatic rings. The normalized spacial score (nSPS) is 23.6. The second kappa shape index (κ2) is 5.70. The summed E-state index contributed by atoms with van der Waals surface area (Å²) in [7, 11) is 1.69. The predicted octanol–water partition coefficient (Wildman–Crippen LogP) is 2.95. The third-order valence-electron chi connectivity index (χ3n) is 3.72. The zero-order chi connectivity index (χ0) is 14.0. The van der Waals surface area contributed by atoms with Gasteiger partial charge in [0.15, 0.2) is 0 Å². The van der Waals surface area contributed by atoms with Crippen LogP contribution in [0.15, 0.2) is 18.2 Å². The van der Waals surface area contributed by atoms with Gasteiger partial charge in [-0.05, 0) is 37.6 Å². The van der Waals surface area contributed by atoms with Crippen LogP contribution in [-0.4, -0.2) is 30.9 Å². The summed E-state index contributed by atoms with van der Waals surface area (Å²) < 4.78 is 0. The van der Waals surface area contributed by atoms with Crippen LogP contribution in [0.5, 0.6) is 0 Å². The molecule has 1 fully saturated rings. The highest BCUT2D eigenvalue weighted by molar-refractivity contribution is 6.42. The van der Waals surface area contributed by atoms with Gasteiger partial charge in [-0.3, -0.25) is 9.69 Å². The summed E-state index contributed by atoms with van der Waals surface area (Å²) >= 11 is 11.9. The van der Waals surface area contributed by atoms with Crippen LogP contribution in [-0.2, 0) is 11.3 Å². The molecule has 5 heteroatoms. The van der Waals surface area contributed by atoms with E-state index in [1.165, 1.54) is 0 Å². The number of amides is 1. The monoisotopic (exact) mass is 300 g/mol. The van der Waals surface area contributed by atoms with Gasteiger partial charge >= 0.3 is 0 Å². The third kappa shape index (κ3) is 3.22. The van der Waals surface area contributed by atoms with E-state index in [2.05, 4.69) is 10.2 Å². The van der Waals surface area contributed by atoms with Crippen LogP contribution in [0, 0.1) is 5.41 Å². The van der Waals surface area contributed by atoms with E-state index in [0.29, 0.717) is 10.0 Å². The first kappa shape index (κ1) is 14.6. The van der Waals surface area contributed by atoms with Crippen molar-refractivity contribution in [1.29, 1.82) is 0 Å². The summed E-state index contributed by atoms with van der Waals surface area (Å²) in [5, 5.41) is 3.89. The molecule has 1 heterocycles. The van der Waals surface area contributed by atoms with Crippen LogP contribution in [0.1, 0.15) is 18.9 Å². The van der Waals surface area contributed by atoms with Crippen molar-refractivity contribution in [3.05, 3.63) is 33.8 Å². The van der Waals surface area contributed by atoms with Crippen molar-refractivity contribution in [2.24, 2.45) is 5.41 Å². The summed E-state index contributed by atoms with van der Waals surface area (Å²) in [6.07, 6.45) is 0.883. The Kier molecular flexibility index (Phi) is 4.39. The van der Waals surface area contributed by atoms with Gasteiger partial charge in [0.25, 0.3) is 0 Å². The van der Waals surface area contributed by atoms with Crippen LogP contribution in [0.2, 0.25) is 10.0 Å². The molecular weight excluding hydrogens is 283 g/mol. The minimum absolute atomic E-state index is 0.115. The van der Waals surface area contributed by atoms with Crippen LogP contribution in [0.4, 0.5) is 0 Å². The highest BCUT2D eigenvalue weighted by atomic mass is 35.5. The lowest BCUT2D eigenvalue weighted by Gasteiger charge is -2.22. The molecule has 1 aliphatic heterocycles. The first-order valence-electron chi connectivity index (χ1n) is 6.33. The largest absolute Gasteiger partial charge is 0.359 e. The molecule has 0 saturated carbocycles. The molecule has 1 atom stereocenters. The van der Waals surface area contributed by atoms with E-state index in [1.807, 2.05) is 25.1 Å². The zero-order valence-corrected chi connectivity index (χ0v) is 12.7. The maximum atomic E-state index is 11.9. The second-order valence-corrected chi connectivity index (χ2v) is 6.16. The van der Waals surface area contributed by atoms with Gasteiger partial charge in [0.1, 0.15) is 0 Å². The smallest absolute Gasteiger partial charge is 0.227 e. The fourth-order valence-electron chi connectivity index (χ4n) is 2.57. The van der Waals surface area contributed by atoms with Crippen LogP contribution in [0.3, 0.4) is 0 Å². The Morgan fingerprint density at radius 3 is 2.79 bits per heavy atom. The third-order valence-corrected chi connectivity index (χ3v) is 4.46. The van der Waals surface area contributed by atoms with Crippen molar-refractivity contribution in [2.45, 2.75) is 19.9 Å². The fourth-order valence-corrected chi connectivity index (χ4v) is 2.90. The van der Waals surface area contributed by atoms with Gasteiger partial charge in [0.2, 0.25) is 5.91 Å². The molecule has 0 bridgehead atoms. The van der Waals surface area contributed by atoms with Crippen molar-refractivity contribution in [3.8, 4) is 0 Å². The standard InChI is InChI=1S/C14H18Cl2N2O/c1-14(13(19)17-2)5-6-18(9-14)8-10-3-4-11(15)12(16)7-10/h3-4,7H,5-6,8-9H2,1-2H3,(H,17,19). The predicted molar refractivity (Wildman–Crippen MR) is 78.5 cm³/mol. The first-order chi connectivity index (χ1) is 8.94. The molecule has 1 unspecified atom stereocenters. The van der Waals surface area contributed by atoms with E-state index in [-0.39, 0.29) is 11.3 Å². The molecule has 1 aromatic carbocycles. The molecule has 3 nitrogen and oxygen atoms in total. The Labute approximate surface area is 123 Å². The van der Waals surface area contributed by atoms with Crippen molar-refractivity contribution >= 4 is 29.1 Å². The first-order valence-corrected chi connectivity index (χ1v) is 7.09. The van der Waals surface area contributed by atoms with Crippen molar-refractivity contribution in [3.63, 3.8) is 0 Å². The molecule has 0 aromatic heterocycles. The molecule has 1 amide bonds. The Morgan fingerprint density at radius 2 is 2.16 bits per heavy atom. The summed E-state index contributed by atoms with van der Waals surface area (Å²) in [4.78, 5) is 14.1. The summed E-state index contributed by atoms with van der Waals surface area (Å²) in [5.74, 6) is 0.115. The maximum Gasteiger partial charge on any atom is 0.227 e. The van der Waals surface area contributed by atoms with Crippen LogP contribution in [0.25, 0.3) is 0 Å². The number of carbonyl (C=O) groups excluding carboxylic acids is 1. The number of hydrogen-bond acceptors (Lipinski definition) is 2. The molecule has 0 spiro atoms. The van der Waals surface area contributed by atoms with E-state index >= 15 is 0 Å². The van der Waals surface area contributed by atoms with Gasteiger partial charge in [-0.2, -0.15) is 0 Å². The minimum atomic E-state index is -0.287. The lowest BCUT2D eigenvalue weighted by atomic mass is 9.89. The van der Waals surface area contributed by atoms with Gasteiger partial charge in [-0.1, -0.05) is 29.3 Å². The van der Waals surface area contributed by atoms with E-state index < -0.39 is 0 Å². The number of likely N-dealkylation sites (tertiary alicyclic amines) is 1. The quantitative estimate of drug-likeness (QED) is 0.931. The lowest BCUT2D eigenvalue weighted by molar-refractivity contribution is -0.129. The number of nitrogens with zero attached hydrogens (tertiary/aromatic N) is 1. The van der Waals surface area contributed by atoms with E-state index in [9.17, 15) is 4.79 Å². The lowest BCUT2D eigenvalue weighted by Crippen LogP contribution is -2.39. The number of rotatable bonds is 3. The highest BCUT2D eigenvalue weighted by Crippen LogP contribution is 2.31. The minimum Gasteiger partial charge on any atom is -0.359 e. The van der Waals surface area contributed by atoms with Crippen LogP contribution >= 0.6 is 23.2 Å². The van der Waals surface area contributed by atoms with Gasteiger partial charge in [0, 0.05) is 20.1 Å². The van der Waals surface area contributed by atoms with Crippen LogP contribution < -0.4 is 5.32 Å². The molecule has 1 saturated heterocycles. The van der Waals surface area contributed by atoms with E-state index in [0.717, 1.165) is 31.6 Å². The molecule has 19 heavy (non-hydrogen) atoms. The molecular formula is C14H18Cl2N2O. The number of halogens is 2. The fraction of sp³-hybridized carbons (Fsp3) is 0.500. The summed E-state index contributed by atoms with van der Waals surface area (Å²) in [6, 6.07) is 5.68. The van der Waals surface area contributed by atoms with E-state index in [4.69, 9.17) is 23.2 Å². The van der Waals surface area contributed by atoms with Crippen molar-refractivity contribution in [1.82, 2.24) is 10.2 Å². The van der Waals surface area contributed by atoms with Gasteiger partial charge in [0.05, 0.1) is 15.5 Å². The number of benzene rings is 1. The summed E-state index contributed by atoms with van der Waals surface area (Å²) in [5.41, 5.74) is 0.834. The Morgan fingerprint density at radius 1 is 1.42 bits per heavy atom. The average molecular weight is 301 g/mol. The Bertz CT molecular complexity index is 492. The number of carbonyl (C=O) groups is 1. The summed E-state index contributed by atoms with van der Waals surface area (Å²) in [6.45, 7) is 4.50. The molecule has 104 valence electrons. The Hall–Kier alpha value is -0.770. The van der Waals surface area contributed by atoms with Gasteiger partial charge in [-0.25, -0.2) is 0 Å².